The zero-order chi connectivity index (χ0) is 18.4. The molecule has 25 heavy (non-hydrogen) atoms. The van der Waals surface area contributed by atoms with Crippen molar-refractivity contribution in [1.29, 1.82) is 0 Å². The van der Waals surface area contributed by atoms with E-state index in [2.05, 4.69) is 26.0 Å². The average molecular weight is 466 g/mol. The lowest BCUT2D eigenvalue weighted by Gasteiger charge is -2.11. The molecule has 2 rings (SSSR count). The molecule has 0 heterocycles. The van der Waals surface area contributed by atoms with E-state index < -0.39 is 22.5 Å². The molecule has 2 aromatic rings. The van der Waals surface area contributed by atoms with Crippen molar-refractivity contribution >= 4 is 55.1 Å². The molecule has 0 atom stereocenters. The Balaban J connectivity index is 1.90. The van der Waals surface area contributed by atoms with Crippen LogP contribution in [0.3, 0.4) is 0 Å². The minimum Gasteiger partial charge on any atom is -0.355 e. The molecule has 0 saturated carbocycles. The van der Waals surface area contributed by atoms with E-state index in [-0.39, 0.29) is 14.9 Å². The van der Waals surface area contributed by atoms with E-state index in [1.54, 1.807) is 0 Å². The van der Waals surface area contributed by atoms with Crippen molar-refractivity contribution in [2.75, 3.05) is 13.1 Å². The van der Waals surface area contributed by atoms with Gasteiger partial charge < -0.3 is 5.32 Å². The summed E-state index contributed by atoms with van der Waals surface area (Å²) in [6, 6.07) is 12.5. The monoisotopic (exact) mass is 464 g/mol. The van der Waals surface area contributed by atoms with Crippen molar-refractivity contribution in [1.82, 2.24) is 10.0 Å². The molecular weight excluding hydrogens is 451 g/mol. The highest BCUT2D eigenvalue weighted by atomic mass is 79.9. The molecule has 0 bridgehead atoms. The fraction of sp³-hybridized carbons (Fsp3) is 0.188. The summed E-state index contributed by atoms with van der Waals surface area (Å²) in [4.78, 5) is 11.6. The van der Waals surface area contributed by atoms with Gasteiger partial charge in [-0.1, -0.05) is 69.5 Å². The first kappa shape index (κ1) is 20.2. The highest BCUT2D eigenvalue weighted by Gasteiger charge is 2.23. The molecule has 5 nitrogen and oxygen atoms in total. The SMILES string of the molecule is O=C(CNS(=O)(=O)c1c(Cl)cc(Br)cc1Cl)NCCc1ccccc1. The first-order valence-electron chi connectivity index (χ1n) is 7.24. The smallest absolute Gasteiger partial charge is 0.244 e. The van der Waals surface area contributed by atoms with Gasteiger partial charge in [-0.15, -0.1) is 0 Å². The molecule has 2 N–H and O–H groups in total. The van der Waals surface area contributed by atoms with Crippen LogP contribution >= 0.6 is 39.1 Å². The van der Waals surface area contributed by atoms with Crippen molar-refractivity contribution in [3.63, 3.8) is 0 Å². The van der Waals surface area contributed by atoms with E-state index in [4.69, 9.17) is 23.2 Å². The summed E-state index contributed by atoms with van der Waals surface area (Å²) in [7, 11) is -4.01. The highest BCUT2D eigenvalue weighted by Crippen LogP contribution is 2.32. The molecule has 0 saturated heterocycles. The molecule has 0 radical (unpaired) electrons. The maximum Gasteiger partial charge on any atom is 0.244 e. The van der Waals surface area contributed by atoms with Gasteiger partial charge in [0.05, 0.1) is 16.6 Å². The molecule has 0 aliphatic heterocycles. The first-order valence-corrected chi connectivity index (χ1v) is 10.3. The normalized spacial score (nSPS) is 11.3. The fourth-order valence-electron chi connectivity index (χ4n) is 2.07. The first-order chi connectivity index (χ1) is 11.8. The standard InChI is InChI=1S/C16H15BrCl2N2O3S/c17-12-8-13(18)16(14(19)9-12)25(23,24)21-10-15(22)20-7-6-11-4-2-1-3-5-11/h1-5,8-9,21H,6-7,10H2,(H,20,22). The van der Waals surface area contributed by atoms with E-state index in [9.17, 15) is 13.2 Å². The Hall–Kier alpha value is -1.12. The molecule has 0 aromatic heterocycles. The maximum absolute atomic E-state index is 12.3. The molecule has 0 aliphatic rings. The maximum atomic E-state index is 12.3. The number of rotatable bonds is 7. The van der Waals surface area contributed by atoms with Crippen LogP contribution in [0.1, 0.15) is 5.56 Å². The van der Waals surface area contributed by atoms with Crippen LogP contribution < -0.4 is 10.0 Å². The second-order valence-electron chi connectivity index (χ2n) is 5.11. The third-order valence-corrected chi connectivity index (χ3v) is 6.01. The van der Waals surface area contributed by atoms with Crippen LogP contribution in [-0.4, -0.2) is 27.4 Å². The Morgan fingerprint density at radius 3 is 2.28 bits per heavy atom. The zero-order valence-corrected chi connectivity index (χ0v) is 16.8. The van der Waals surface area contributed by atoms with Crippen molar-refractivity contribution in [2.45, 2.75) is 11.3 Å². The van der Waals surface area contributed by atoms with E-state index in [0.717, 1.165) is 5.56 Å². The lowest BCUT2D eigenvalue weighted by atomic mass is 10.1. The minimum atomic E-state index is -4.01. The number of sulfonamides is 1. The van der Waals surface area contributed by atoms with Crippen LogP contribution in [0.2, 0.25) is 10.0 Å². The lowest BCUT2D eigenvalue weighted by Crippen LogP contribution is -2.37. The van der Waals surface area contributed by atoms with Gasteiger partial charge >= 0.3 is 0 Å². The lowest BCUT2D eigenvalue weighted by molar-refractivity contribution is -0.119. The topological polar surface area (TPSA) is 75.3 Å². The van der Waals surface area contributed by atoms with E-state index in [1.165, 1.54) is 12.1 Å². The van der Waals surface area contributed by atoms with Crippen LogP contribution in [0.4, 0.5) is 0 Å². The summed E-state index contributed by atoms with van der Waals surface area (Å²) in [5, 5.41) is 2.59. The molecule has 0 fully saturated rings. The van der Waals surface area contributed by atoms with Crippen LogP contribution in [0.5, 0.6) is 0 Å². The molecule has 2 aromatic carbocycles. The number of amides is 1. The van der Waals surface area contributed by atoms with Crippen molar-refractivity contribution in [3.05, 3.63) is 62.5 Å². The number of nitrogens with one attached hydrogen (secondary N) is 2. The third kappa shape index (κ3) is 5.97. The Bertz CT molecular complexity index is 838. The summed E-state index contributed by atoms with van der Waals surface area (Å²) >= 11 is 15.1. The van der Waals surface area contributed by atoms with Crippen molar-refractivity contribution < 1.29 is 13.2 Å². The number of halogens is 3. The van der Waals surface area contributed by atoms with E-state index in [1.807, 2.05) is 30.3 Å². The molecule has 0 aliphatic carbocycles. The van der Waals surface area contributed by atoms with Crippen molar-refractivity contribution in [3.8, 4) is 0 Å². The van der Waals surface area contributed by atoms with Gasteiger partial charge in [0.15, 0.2) is 0 Å². The molecular formula is C16H15BrCl2N2O3S. The molecule has 9 heteroatoms. The van der Waals surface area contributed by atoms with E-state index in [0.29, 0.717) is 17.4 Å². The predicted octanol–water partition coefficient (Wildman–Crippen LogP) is 3.39. The van der Waals surface area contributed by atoms with Crippen LogP contribution in [0.15, 0.2) is 51.8 Å². The Labute approximate surface area is 164 Å². The van der Waals surface area contributed by atoms with Gasteiger partial charge in [0, 0.05) is 11.0 Å². The Morgan fingerprint density at radius 1 is 1.08 bits per heavy atom. The van der Waals surface area contributed by atoms with Gasteiger partial charge in [-0.3, -0.25) is 4.79 Å². The predicted molar refractivity (Wildman–Crippen MR) is 103 cm³/mol. The van der Waals surface area contributed by atoms with Crippen LogP contribution in [0, 0.1) is 0 Å². The Morgan fingerprint density at radius 2 is 1.68 bits per heavy atom. The molecule has 1 amide bonds. The zero-order valence-electron chi connectivity index (χ0n) is 12.9. The third-order valence-electron chi connectivity index (χ3n) is 3.23. The number of hydrogen-bond donors (Lipinski definition) is 2. The van der Waals surface area contributed by atoms with Gasteiger partial charge in [0.2, 0.25) is 15.9 Å². The summed E-state index contributed by atoms with van der Waals surface area (Å²) in [5.41, 5.74) is 1.08. The quantitative estimate of drug-likeness (QED) is 0.657. The number of carbonyl (C=O) groups is 1. The Kier molecular flexibility index (Phi) is 7.27. The van der Waals surface area contributed by atoms with Gasteiger partial charge in [0.1, 0.15) is 4.90 Å². The number of carbonyl (C=O) groups excluding carboxylic acids is 1. The summed E-state index contributed by atoms with van der Waals surface area (Å²) in [6.07, 6.45) is 0.656. The second kappa shape index (κ2) is 9.00. The number of hydrogen-bond acceptors (Lipinski definition) is 3. The number of benzene rings is 2. The summed E-state index contributed by atoms with van der Waals surface area (Å²) < 4.78 is 27.4. The second-order valence-corrected chi connectivity index (χ2v) is 8.54. The van der Waals surface area contributed by atoms with Gasteiger partial charge in [-0.25, -0.2) is 13.1 Å². The van der Waals surface area contributed by atoms with Crippen molar-refractivity contribution in [2.24, 2.45) is 0 Å². The van der Waals surface area contributed by atoms with Gasteiger partial charge in [-0.05, 0) is 24.1 Å². The largest absolute Gasteiger partial charge is 0.355 e. The van der Waals surface area contributed by atoms with Crippen LogP contribution in [0.25, 0.3) is 0 Å². The highest BCUT2D eigenvalue weighted by molar-refractivity contribution is 9.10. The van der Waals surface area contributed by atoms with Gasteiger partial charge in [-0.2, -0.15) is 0 Å². The summed E-state index contributed by atoms with van der Waals surface area (Å²) in [6.45, 7) is 0.00418. The van der Waals surface area contributed by atoms with Gasteiger partial charge in [0.25, 0.3) is 0 Å². The van der Waals surface area contributed by atoms with Crippen LogP contribution in [-0.2, 0) is 21.2 Å². The molecule has 0 spiro atoms. The average Bonchev–Trinajstić information content (AvgIpc) is 2.53. The fourth-order valence-corrected chi connectivity index (χ4v) is 4.99. The molecule has 134 valence electrons. The summed E-state index contributed by atoms with van der Waals surface area (Å²) in [5.74, 6) is -0.441. The van der Waals surface area contributed by atoms with E-state index >= 15 is 0 Å². The minimum absolute atomic E-state index is 0.0311. The molecule has 0 unspecified atom stereocenters.